The van der Waals surface area contributed by atoms with E-state index in [0.29, 0.717) is 12.3 Å². The molecule has 0 saturated heterocycles. The minimum Gasteiger partial charge on any atom is -0.462 e. The molecule has 2 N–H and O–H groups in total. The zero-order chi connectivity index (χ0) is 35.7. The molecule has 0 bridgehead atoms. The lowest BCUT2D eigenvalue weighted by Crippen LogP contribution is -2.23. The minimum atomic E-state index is -0.676. The van der Waals surface area contributed by atoms with Crippen LogP contribution in [0.3, 0.4) is 0 Å². The molecule has 0 unspecified atom stereocenters. The molecule has 1 saturated carbocycles. The quantitative estimate of drug-likeness (QED) is 0.0705. The zero-order valence-corrected chi connectivity index (χ0v) is 29.9. The van der Waals surface area contributed by atoms with Crippen molar-refractivity contribution in [2.45, 2.75) is 89.9 Å². The van der Waals surface area contributed by atoms with Crippen LogP contribution in [-0.4, -0.2) is 48.6 Å². The standard InChI is InChI=1S/C44H56O6/c1-4-5-6-7-34-16-20-39(21-17-34)41-24-26-42(27-25-41)40-22-18-37(19-23-40)13-12-35-8-10-36(11-9-35)14-15-38(30-49-43(47)32(2)28-45)31-50-44(48)33(3)29-46/h8-11,16-17,20-21,24-27,37-38,40,45-46H,2-7,12-15,18-19,22-23,28-31H2,1H3. The van der Waals surface area contributed by atoms with Crippen LogP contribution in [0.25, 0.3) is 11.1 Å². The van der Waals surface area contributed by atoms with Crippen molar-refractivity contribution < 1.29 is 29.3 Å². The maximum absolute atomic E-state index is 12.0. The van der Waals surface area contributed by atoms with Gasteiger partial charge in [-0.25, -0.2) is 9.59 Å². The van der Waals surface area contributed by atoms with Crippen molar-refractivity contribution in [3.8, 4) is 11.1 Å². The first-order valence-corrected chi connectivity index (χ1v) is 18.5. The number of aryl methyl sites for hydroxylation is 3. The Labute approximate surface area is 299 Å². The number of ether oxygens (including phenoxy) is 2. The third-order valence-electron chi connectivity index (χ3n) is 10.1. The van der Waals surface area contributed by atoms with Crippen LogP contribution in [0.2, 0.25) is 0 Å². The summed E-state index contributed by atoms with van der Waals surface area (Å²) in [6, 6.07) is 27.1. The first-order valence-electron chi connectivity index (χ1n) is 18.5. The van der Waals surface area contributed by atoms with E-state index in [1.54, 1.807) is 0 Å². The van der Waals surface area contributed by atoms with Gasteiger partial charge in [-0.3, -0.25) is 0 Å². The third kappa shape index (κ3) is 12.4. The van der Waals surface area contributed by atoms with E-state index in [-0.39, 0.29) is 30.3 Å². The molecule has 6 nitrogen and oxygen atoms in total. The highest BCUT2D eigenvalue weighted by Gasteiger charge is 2.22. The SMILES string of the molecule is C=C(CO)C(=O)OCC(CCc1ccc(CCC2CCC(c3ccc(-c4ccc(CCCCC)cc4)cc3)CC2)cc1)COC(=O)C(=C)CO. The highest BCUT2D eigenvalue weighted by atomic mass is 16.5. The first-order chi connectivity index (χ1) is 24.3. The predicted octanol–water partition coefficient (Wildman–Crippen LogP) is 8.73. The molecule has 50 heavy (non-hydrogen) atoms. The third-order valence-corrected chi connectivity index (χ3v) is 10.1. The monoisotopic (exact) mass is 680 g/mol. The second-order valence-corrected chi connectivity index (χ2v) is 14.0. The van der Waals surface area contributed by atoms with Gasteiger partial charge < -0.3 is 19.7 Å². The number of hydrogen-bond donors (Lipinski definition) is 2. The van der Waals surface area contributed by atoms with E-state index in [2.05, 4.69) is 92.9 Å². The van der Waals surface area contributed by atoms with Gasteiger partial charge in [0.2, 0.25) is 0 Å². The molecule has 0 spiro atoms. The molecule has 0 heterocycles. The van der Waals surface area contributed by atoms with Gasteiger partial charge in [-0.2, -0.15) is 0 Å². The summed E-state index contributed by atoms with van der Waals surface area (Å²) in [6.45, 7) is 8.32. The molecule has 3 aromatic carbocycles. The highest BCUT2D eigenvalue weighted by Crippen LogP contribution is 2.38. The van der Waals surface area contributed by atoms with Crippen molar-refractivity contribution in [3.05, 3.63) is 119 Å². The van der Waals surface area contributed by atoms with Crippen LogP contribution in [-0.2, 0) is 38.3 Å². The molecular formula is C44H56O6. The van der Waals surface area contributed by atoms with Gasteiger partial charge in [-0.15, -0.1) is 0 Å². The molecule has 0 aromatic heterocycles. The van der Waals surface area contributed by atoms with E-state index in [9.17, 15) is 9.59 Å². The lowest BCUT2D eigenvalue weighted by Gasteiger charge is -2.29. The summed E-state index contributed by atoms with van der Waals surface area (Å²) in [7, 11) is 0. The number of carbonyl (C=O) groups is 2. The number of aliphatic hydroxyl groups excluding tert-OH is 2. The summed E-state index contributed by atoms with van der Waals surface area (Å²) < 4.78 is 10.6. The van der Waals surface area contributed by atoms with E-state index in [4.69, 9.17) is 19.7 Å². The fraction of sp³-hybridized carbons (Fsp3) is 0.455. The Morgan fingerprint density at radius 3 is 1.68 bits per heavy atom. The Balaban J connectivity index is 1.19. The average molecular weight is 681 g/mol. The van der Waals surface area contributed by atoms with Crippen molar-refractivity contribution in [3.63, 3.8) is 0 Å². The number of benzene rings is 3. The molecule has 6 heteroatoms. The summed E-state index contributed by atoms with van der Waals surface area (Å²) in [4.78, 5) is 24.0. The number of rotatable bonds is 20. The van der Waals surface area contributed by atoms with Gasteiger partial charge in [-0.1, -0.05) is 106 Å². The molecule has 1 aliphatic rings. The molecule has 0 atom stereocenters. The van der Waals surface area contributed by atoms with Crippen molar-refractivity contribution in [1.29, 1.82) is 0 Å². The molecule has 268 valence electrons. The van der Waals surface area contributed by atoms with E-state index >= 15 is 0 Å². The fourth-order valence-corrected chi connectivity index (χ4v) is 6.72. The lowest BCUT2D eigenvalue weighted by molar-refractivity contribution is -0.144. The van der Waals surface area contributed by atoms with Crippen LogP contribution in [0.5, 0.6) is 0 Å². The van der Waals surface area contributed by atoms with Crippen LogP contribution in [0.4, 0.5) is 0 Å². The van der Waals surface area contributed by atoms with E-state index in [0.717, 1.165) is 24.3 Å². The van der Waals surface area contributed by atoms with E-state index < -0.39 is 25.2 Å². The van der Waals surface area contributed by atoms with Gasteiger partial charge in [0.15, 0.2) is 0 Å². The van der Waals surface area contributed by atoms with Crippen LogP contribution in [0.15, 0.2) is 97.1 Å². The summed E-state index contributed by atoms with van der Waals surface area (Å²) in [5.41, 5.74) is 7.94. The van der Waals surface area contributed by atoms with Crippen LogP contribution in [0.1, 0.15) is 92.9 Å². The van der Waals surface area contributed by atoms with Crippen molar-refractivity contribution in [2.24, 2.45) is 11.8 Å². The Hall–Kier alpha value is -4.00. The lowest BCUT2D eigenvalue weighted by atomic mass is 9.76. The molecule has 1 aliphatic carbocycles. The first kappa shape index (κ1) is 38.8. The highest BCUT2D eigenvalue weighted by molar-refractivity contribution is 5.88. The molecule has 3 aromatic rings. The second kappa shape index (κ2) is 20.6. The van der Waals surface area contributed by atoms with Crippen molar-refractivity contribution >= 4 is 11.9 Å². The normalized spacial score (nSPS) is 15.8. The Kier molecular flexibility index (Phi) is 16.0. The van der Waals surface area contributed by atoms with E-state index in [1.165, 1.54) is 85.6 Å². The van der Waals surface area contributed by atoms with Crippen LogP contribution in [0, 0.1) is 11.8 Å². The summed E-state index contributed by atoms with van der Waals surface area (Å²) in [5, 5.41) is 18.3. The molecule has 4 rings (SSSR count). The largest absolute Gasteiger partial charge is 0.462 e. The minimum absolute atomic E-state index is 0.0239. The van der Waals surface area contributed by atoms with Crippen molar-refractivity contribution in [2.75, 3.05) is 26.4 Å². The zero-order valence-electron chi connectivity index (χ0n) is 29.9. The number of unbranched alkanes of at least 4 members (excludes halogenated alkanes) is 2. The van der Waals surface area contributed by atoms with Crippen LogP contribution < -0.4 is 0 Å². The van der Waals surface area contributed by atoms with Crippen LogP contribution >= 0.6 is 0 Å². The smallest absolute Gasteiger partial charge is 0.335 e. The fourth-order valence-electron chi connectivity index (χ4n) is 6.72. The Morgan fingerprint density at radius 1 is 0.680 bits per heavy atom. The Bertz CT molecular complexity index is 1470. The molecular weight excluding hydrogens is 624 g/mol. The van der Waals surface area contributed by atoms with E-state index in [1.807, 2.05) is 0 Å². The van der Waals surface area contributed by atoms with Crippen molar-refractivity contribution in [1.82, 2.24) is 0 Å². The maximum atomic E-state index is 12.0. The predicted molar refractivity (Wildman–Crippen MR) is 201 cm³/mol. The second-order valence-electron chi connectivity index (χ2n) is 14.0. The topological polar surface area (TPSA) is 93.1 Å². The molecule has 0 radical (unpaired) electrons. The van der Waals surface area contributed by atoms with Gasteiger partial charge >= 0.3 is 11.9 Å². The number of carbonyl (C=O) groups excluding carboxylic acids is 2. The van der Waals surface area contributed by atoms with Gasteiger partial charge in [0.1, 0.15) is 0 Å². The van der Waals surface area contributed by atoms with Gasteiger partial charge in [-0.05, 0) is 109 Å². The number of esters is 2. The molecule has 0 aliphatic heterocycles. The summed E-state index contributed by atoms with van der Waals surface area (Å²) in [5.74, 6) is -0.198. The maximum Gasteiger partial charge on any atom is 0.335 e. The van der Waals surface area contributed by atoms with Gasteiger partial charge in [0, 0.05) is 5.92 Å². The summed E-state index contributed by atoms with van der Waals surface area (Å²) >= 11 is 0. The van der Waals surface area contributed by atoms with Gasteiger partial charge in [0.05, 0.1) is 37.6 Å². The molecule has 1 fully saturated rings. The molecule has 0 amide bonds. The number of hydrogen-bond acceptors (Lipinski definition) is 6. The average Bonchev–Trinajstić information content (AvgIpc) is 3.16. The number of aliphatic hydroxyl groups is 2. The summed E-state index contributed by atoms with van der Waals surface area (Å²) in [6.07, 6.45) is 13.7. The Morgan fingerprint density at radius 2 is 1.16 bits per heavy atom. The van der Waals surface area contributed by atoms with Gasteiger partial charge in [0.25, 0.3) is 0 Å².